The second-order valence-corrected chi connectivity index (χ2v) is 7.53. The van der Waals surface area contributed by atoms with Gasteiger partial charge in [0, 0.05) is 5.02 Å². The zero-order chi connectivity index (χ0) is 15.5. The first kappa shape index (κ1) is 15.6. The number of benzene rings is 2. The summed E-state index contributed by atoms with van der Waals surface area (Å²) < 4.78 is 25.0. The van der Waals surface area contributed by atoms with Crippen molar-refractivity contribution in [3.63, 3.8) is 0 Å². The maximum Gasteiger partial charge on any atom is 0.161 e. The van der Waals surface area contributed by atoms with Gasteiger partial charge in [-0.1, -0.05) is 41.9 Å². The second kappa shape index (κ2) is 6.30. The van der Waals surface area contributed by atoms with Crippen LogP contribution in [-0.4, -0.2) is 8.42 Å². The van der Waals surface area contributed by atoms with Crippen LogP contribution in [-0.2, 0) is 15.6 Å². The molecule has 1 atom stereocenters. The van der Waals surface area contributed by atoms with Crippen LogP contribution in [0.2, 0.25) is 5.02 Å². The van der Waals surface area contributed by atoms with E-state index in [2.05, 4.69) is 0 Å². The van der Waals surface area contributed by atoms with Crippen LogP contribution in [0.1, 0.15) is 28.9 Å². The first-order valence-electron chi connectivity index (χ1n) is 6.39. The van der Waals surface area contributed by atoms with Crippen molar-refractivity contribution in [2.24, 2.45) is 0 Å². The second-order valence-electron chi connectivity index (χ2n) is 4.77. The van der Waals surface area contributed by atoms with Gasteiger partial charge in [0.1, 0.15) is 0 Å². The fourth-order valence-corrected chi connectivity index (χ4v) is 3.67. The van der Waals surface area contributed by atoms with E-state index in [0.29, 0.717) is 21.7 Å². The molecule has 0 saturated heterocycles. The molecule has 108 valence electrons. The van der Waals surface area contributed by atoms with Gasteiger partial charge in [-0.2, -0.15) is 5.26 Å². The quantitative estimate of drug-likeness (QED) is 0.859. The van der Waals surface area contributed by atoms with Gasteiger partial charge in [0.15, 0.2) is 9.84 Å². The minimum Gasteiger partial charge on any atom is -0.228 e. The van der Waals surface area contributed by atoms with Crippen LogP contribution >= 0.6 is 11.6 Å². The summed E-state index contributed by atoms with van der Waals surface area (Å²) in [7, 11) is -3.41. The van der Waals surface area contributed by atoms with Crippen LogP contribution in [0.25, 0.3) is 0 Å². The van der Waals surface area contributed by atoms with Crippen LogP contribution in [0.5, 0.6) is 0 Å². The molecule has 0 bridgehead atoms. The number of hydrogen-bond donors (Lipinski definition) is 0. The van der Waals surface area contributed by atoms with Crippen molar-refractivity contribution in [3.05, 3.63) is 70.2 Å². The Morgan fingerprint density at radius 1 is 1.14 bits per heavy atom. The van der Waals surface area contributed by atoms with Gasteiger partial charge < -0.3 is 0 Å². The van der Waals surface area contributed by atoms with Crippen molar-refractivity contribution < 1.29 is 8.42 Å². The molecule has 5 heteroatoms. The lowest BCUT2D eigenvalue weighted by Crippen LogP contribution is -2.13. The first-order valence-corrected chi connectivity index (χ1v) is 8.48. The average Bonchev–Trinajstić information content (AvgIpc) is 2.47. The van der Waals surface area contributed by atoms with E-state index in [0.717, 1.165) is 0 Å². The molecular weight excluding hydrogens is 306 g/mol. The first-order chi connectivity index (χ1) is 9.94. The van der Waals surface area contributed by atoms with Gasteiger partial charge >= 0.3 is 0 Å². The fourth-order valence-electron chi connectivity index (χ4n) is 2.04. The molecule has 0 aliphatic rings. The monoisotopic (exact) mass is 319 g/mol. The van der Waals surface area contributed by atoms with Gasteiger partial charge in [-0.25, -0.2) is 8.42 Å². The van der Waals surface area contributed by atoms with Crippen LogP contribution in [0.15, 0.2) is 48.5 Å². The summed E-state index contributed by atoms with van der Waals surface area (Å²) >= 11 is 5.81. The van der Waals surface area contributed by atoms with Crippen molar-refractivity contribution in [1.82, 2.24) is 0 Å². The van der Waals surface area contributed by atoms with Gasteiger partial charge in [-0.3, -0.25) is 0 Å². The number of halogens is 1. The highest BCUT2D eigenvalue weighted by Crippen LogP contribution is 2.27. The Morgan fingerprint density at radius 3 is 2.38 bits per heavy atom. The highest BCUT2D eigenvalue weighted by atomic mass is 35.5. The third-order valence-electron chi connectivity index (χ3n) is 3.37. The molecule has 0 aliphatic heterocycles. The molecular formula is C16H14ClNO2S. The molecule has 0 radical (unpaired) electrons. The normalized spacial score (nSPS) is 12.6. The third kappa shape index (κ3) is 3.63. The number of nitriles is 1. The molecule has 0 amide bonds. The summed E-state index contributed by atoms with van der Waals surface area (Å²) in [6, 6.07) is 15.5. The summed E-state index contributed by atoms with van der Waals surface area (Å²) in [6.45, 7) is 1.65. The van der Waals surface area contributed by atoms with Gasteiger partial charge in [-0.05, 0) is 36.2 Å². The maximum absolute atomic E-state index is 12.5. The molecule has 0 saturated carbocycles. The highest BCUT2D eigenvalue weighted by Gasteiger charge is 2.24. The lowest BCUT2D eigenvalue weighted by molar-refractivity contribution is 0.585. The van der Waals surface area contributed by atoms with E-state index in [9.17, 15) is 8.42 Å². The Hall–Kier alpha value is -1.83. The molecule has 0 N–H and O–H groups in total. The van der Waals surface area contributed by atoms with E-state index in [1.165, 1.54) is 0 Å². The van der Waals surface area contributed by atoms with E-state index in [1.54, 1.807) is 55.5 Å². The SMILES string of the molecule is CC(c1ccc(Cl)cc1)S(=O)(=O)Cc1ccccc1C#N. The zero-order valence-corrected chi connectivity index (χ0v) is 13.0. The molecule has 21 heavy (non-hydrogen) atoms. The average molecular weight is 320 g/mol. The molecule has 2 aromatic rings. The molecule has 2 aromatic carbocycles. The third-order valence-corrected chi connectivity index (χ3v) is 5.69. The van der Waals surface area contributed by atoms with Crippen LogP contribution in [0.4, 0.5) is 0 Å². The van der Waals surface area contributed by atoms with Gasteiger partial charge in [0.25, 0.3) is 0 Å². The molecule has 2 rings (SSSR count). The minimum atomic E-state index is -3.41. The van der Waals surface area contributed by atoms with Crippen molar-refractivity contribution in [3.8, 4) is 6.07 Å². The van der Waals surface area contributed by atoms with Crippen LogP contribution < -0.4 is 0 Å². The standard InChI is InChI=1S/C16H14ClNO2S/c1-12(13-6-8-16(17)9-7-13)21(19,20)11-15-5-3-2-4-14(15)10-18/h2-9,12H,11H2,1H3. The fraction of sp³-hybridized carbons (Fsp3) is 0.188. The zero-order valence-electron chi connectivity index (χ0n) is 11.5. The highest BCUT2D eigenvalue weighted by molar-refractivity contribution is 7.90. The molecule has 0 aromatic heterocycles. The van der Waals surface area contributed by atoms with Crippen molar-refractivity contribution in [1.29, 1.82) is 5.26 Å². The Labute approximate surface area is 129 Å². The summed E-state index contributed by atoms with van der Waals surface area (Å²) in [6.07, 6.45) is 0. The van der Waals surface area contributed by atoms with Gasteiger partial charge in [-0.15, -0.1) is 0 Å². The van der Waals surface area contributed by atoms with Crippen LogP contribution in [0, 0.1) is 11.3 Å². The van der Waals surface area contributed by atoms with E-state index >= 15 is 0 Å². The van der Waals surface area contributed by atoms with Gasteiger partial charge in [0.2, 0.25) is 0 Å². The van der Waals surface area contributed by atoms with Crippen LogP contribution in [0.3, 0.4) is 0 Å². The van der Waals surface area contributed by atoms with E-state index in [4.69, 9.17) is 16.9 Å². The van der Waals surface area contributed by atoms with E-state index < -0.39 is 15.1 Å². The van der Waals surface area contributed by atoms with Crippen molar-refractivity contribution in [2.45, 2.75) is 17.9 Å². The summed E-state index contributed by atoms with van der Waals surface area (Å²) in [5.41, 5.74) is 1.61. The summed E-state index contributed by atoms with van der Waals surface area (Å²) in [5.74, 6) is -0.152. The Kier molecular flexibility index (Phi) is 4.66. The van der Waals surface area contributed by atoms with E-state index in [-0.39, 0.29) is 5.75 Å². The van der Waals surface area contributed by atoms with Crippen molar-refractivity contribution >= 4 is 21.4 Å². The topological polar surface area (TPSA) is 57.9 Å². The number of sulfone groups is 1. The largest absolute Gasteiger partial charge is 0.228 e. The predicted octanol–water partition coefficient (Wildman–Crippen LogP) is 3.89. The Bertz CT molecular complexity index is 777. The Balaban J connectivity index is 2.30. The number of hydrogen-bond acceptors (Lipinski definition) is 3. The van der Waals surface area contributed by atoms with Gasteiger partial charge in [0.05, 0.1) is 22.6 Å². The molecule has 0 spiro atoms. The predicted molar refractivity (Wildman–Crippen MR) is 83.6 cm³/mol. The smallest absolute Gasteiger partial charge is 0.161 e. The number of nitrogens with zero attached hydrogens (tertiary/aromatic N) is 1. The minimum absolute atomic E-state index is 0.152. The maximum atomic E-state index is 12.5. The molecule has 0 heterocycles. The molecule has 0 aliphatic carbocycles. The lowest BCUT2D eigenvalue weighted by Gasteiger charge is -2.14. The van der Waals surface area contributed by atoms with E-state index in [1.807, 2.05) is 6.07 Å². The Morgan fingerprint density at radius 2 is 1.76 bits per heavy atom. The van der Waals surface area contributed by atoms with Crippen molar-refractivity contribution in [2.75, 3.05) is 0 Å². The molecule has 1 unspecified atom stereocenters. The molecule has 0 fully saturated rings. The lowest BCUT2D eigenvalue weighted by atomic mass is 10.1. The molecule has 3 nitrogen and oxygen atoms in total. The summed E-state index contributed by atoms with van der Waals surface area (Å²) in [5, 5.41) is 8.96. The summed E-state index contributed by atoms with van der Waals surface area (Å²) in [4.78, 5) is 0. The number of rotatable bonds is 4.